The molecule has 0 atom stereocenters. The van der Waals surface area contributed by atoms with Gasteiger partial charge in [-0.15, -0.1) is 11.8 Å². The Kier molecular flexibility index (Phi) is 4.33. The molecule has 1 aromatic rings. The summed E-state index contributed by atoms with van der Waals surface area (Å²) < 4.78 is 21.9. The van der Waals surface area contributed by atoms with Crippen molar-refractivity contribution < 1.29 is 8.42 Å². The van der Waals surface area contributed by atoms with Crippen LogP contribution in [0, 0.1) is 18.3 Å². The van der Waals surface area contributed by atoms with E-state index in [-0.39, 0.29) is 5.75 Å². The molecule has 86 valence electrons. The minimum Gasteiger partial charge on any atom is -0.245 e. The molecule has 0 spiro atoms. The molecule has 1 rings (SSSR count). The maximum Gasteiger partial charge on any atom is 0.148 e. The second-order valence-corrected chi connectivity index (χ2v) is 6.74. The predicted octanol–water partition coefficient (Wildman–Crippen LogP) is 1.40. The van der Waals surface area contributed by atoms with Gasteiger partial charge in [-0.1, -0.05) is 0 Å². The van der Waals surface area contributed by atoms with E-state index in [1.165, 1.54) is 18.0 Å². The van der Waals surface area contributed by atoms with Gasteiger partial charge in [-0.3, -0.25) is 0 Å². The van der Waals surface area contributed by atoms with Crippen LogP contribution in [0.15, 0.2) is 17.2 Å². The number of aryl methyl sites for hydroxylation is 1. The highest BCUT2D eigenvalue weighted by Crippen LogP contribution is 2.20. The molecular formula is C10H12N2O2S2. The van der Waals surface area contributed by atoms with Crippen LogP contribution in [0.1, 0.15) is 11.3 Å². The molecule has 0 unspecified atom stereocenters. The van der Waals surface area contributed by atoms with Crippen LogP contribution in [-0.2, 0) is 9.84 Å². The first kappa shape index (κ1) is 13.0. The molecule has 0 saturated carbocycles. The lowest BCUT2D eigenvalue weighted by atomic mass is 10.3. The van der Waals surface area contributed by atoms with E-state index in [4.69, 9.17) is 5.26 Å². The van der Waals surface area contributed by atoms with Crippen molar-refractivity contribution in [3.05, 3.63) is 23.4 Å². The lowest BCUT2D eigenvalue weighted by Gasteiger charge is -2.03. The third-order valence-electron chi connectivity index (χ3n) is 1.81. The number of aromatic nitrogens is 1. The fourth-order valence-corrected chi connectivity index (χ4v) is 3.23. The first-order valence-electron chi connectivity index (χ1n) is 4.60. The lowest BCUT2D eigenvalue weighted by molar-refractivity contribution is 0.603. The molecule has 0 aliphatic carbocycles. The second kappa shape index (κ2) is 5.32. The highest BCUT2D eigenvalue weighted by Gasteiger charge is 2.07. The summed E-state index contributed by atoms with van der Waals surface area (Å²) >= 11 is 1.30. The normalized spacial score (nSPS) is 11.1. The molecule has 0 saturated heterocycles. The van der Waals surface area contributed by atoms with Crippen LogP contribution in [0.4, 0.5) is 0 Å². The van der Waals surface area contributed by atoms with Crippen molar-refractivity contribution >= 4 is 21.6 Å². The Hall–Kier alpha value is -1.06. The van der Waals surface area contributed by atoms with E-state index in [0.717, 1.165) is 5.69 Å². The van der Waals surface area contributed by atoms with E-state index in [1.807, 2.05) is 13.0 Å². The summed E-state index contributed by atoms with van der Waals surface area (Å²) in [5.74, 6) is 0.516. The van der Waals surface area contributed by atoms with E-state index < -0.39 is 9.84 Å². The van der Waals surface area contributed by atoms with E-state index in [0.29, 0.717) is 16.3 Å². The van der Waals surface area contributed by atoms with Crippen molar-refractivity contribution in [2.75, 3.05) is 17.8 Å². The molecule has 4 nitrogen and oxygen atoms in total. The Morgan fingerprint density at radius 3 is 2.75 bits per heavy atom. The van der Waals surface area contributed by atoms with E-state index >= 15 is 0 Å². The standard InChI is InChI=1S/C10H12N2O2S2/c1-8-3-4-9(7-11)10(12-8)15-5-6-16(2,13)14/h3-4H,5-6H2,1-2H3. The molecule has 0 amide bonds. The minimum atomic E-state index is -2.96. The smallest absolute Gasteiger partial charge is 0.148 e. The molecule has 0 aliphatic heterocycles. The molecule has 0 fully saturated rings. The van der Waals surface area contributed by atoms with Crippen LogP contribution >= 0.6 is 11.8 Å². The summed E-state index contributed by atoms with van der Waals surface area (Å²) in [7, 11) is -2.96. The highest BCUT2D eigenvalue weighted by atomic mass is 32.2. The van der Waals surface area contributed by atoms with Gasteiger partial charge >= 0.3 is 0 Å². The maximum atomic E-state index is 10.9. The van der Waals surface area contributed by atoms with E-state index in [1.54, 1.807) is 12.1 Å². The van der Waals surface area contributed by atoms with Gasteiger partial charge in [0.2, 0.25) is 0 Å². The second-order valence-electron chi connectivity index (χ2n) is 3.40. The number of nitrogens with zero attached hydrogens (tertiary/aromatic N) is 2. The number of pyridine rings is 1. The third kappa shape index (κ3) is 4.21. The SMILES string of the molecule is Cc1ccc(C#N)c(SCCS(C)(=O)=O)n1. The van der Waals surface area contributed by atoms with Gasteiger partial charge in [-0.05, 0) is 19.1 Å². The zero-order valence-corrected chi connectivity index (χ0v) is 10.7. The molecule has 0 radical (unpaired) electrons. The average Bonchev–Trinajstić information content (AvgIpc) is 2.16. The Balaban J connectivity index is 2.74. The Morgan fingerprint density at radius 2 is 2.19 bits per heavy atom. The first-order valence-corrected chi connectivity index (χ1v) is 7.65. The lowest BCUT2D eigenvalue weighted by Crippen LogP contribution is -2.05. The Bertz CT molecular complexity index is 518. The molecule has 0 N–H and O–H groups in total. The molecule has 1 heterocycles. The van der Waals surface area contributed by atoms with Crippen LogP contribution in [0.3, 0.4) is 0 Å². The van der Waals surface area contributed by atoms with Crippen LogP contribution in [0.5, 0.6) is 0 Å². The quantitative estimate of drug-likeness (QED) is 0.761. The van der Waals surface area contributed by atoms with Gasteiger partial charge in [0.1, 0.15) is 20.9 Å². The Morgan fingerprint density at radius 1 is 1.50 bits per heavy atom. The number of nitriles is 1. The van der Waals surface area contributed by atoms with Crippen molar-refractivity contribution in [2.24, 2.45) is 0 Å². The van der Waals surface area contributed by atoms with Gasteiger partial charge < -0.3 is 0 Å². The fraction of sp³-hybridized carbons (Fsp3) is 0.400. The summed E-state index contributed by atoms with van der Waals surface area (Å²) in [6, 6.07) is 5.50. The number of rotatable bonds is 4. The summed E-state index contributed by atoms with van der Waals surface area (Å²) in [6.07, 6.45) is 1.20. The summed E-state index contributed by atoms with van der Waals surface area (Å²) in [4.78, 5) is 4.21. The van der Waals surface area contributed by atoms with Crippen molar-refractivity contribution in [3.8, 4) is 6.07 Å². The van der Waals surface area contributed by atoms with Crippen LogP contribution in [0.2, 0.25) is 0 Å². The van der Waals surface area contributed by atoms with Gasteiger partial charge in [-0.25, -0.2) is 13.4 Å². The molecule has 0 aliphatic rings. The molecule has 0 bridgehead atoms. The summed E-state index contributed by atoms with van der Waals surface area (Å²) in [6.45, 7) is 1.84. The van der Waals surface area contributed by atoms with Gasteiger partial charge in [0.25, 0.3) is 0 Å². The monoisotopic (exact) mass is 256 g/mol. The van der Waals surface area contributed by atoms with Crippen molar-refractivity contribution in [1.29, 1.82) is 5.26 Å². The van der Waals surface area contributed by atoms with E-state index in [2.05, 4.69) is 4.98 Å². The van der Waals surface area contributed by atoms with Crippen LogP contribution in [0.25, 0.3) is 0 Å². The molecular weight excluding hydrogens is 244 g/mol. The number of sulfone groups is 1. The van der Waals surface area contributed by atoms with Crippen LogP contribution < -0.4 is 0 Å². The maximum absolute atomic E-state index is 10.9. The summed E-state index contributed by atoms with van der Waals surface area (Å²) in [5.41, 5.74) is 1.31. The molecule has 16 heavy (non-hydrogen) atoms. The van der Waals surface area contributed by atoms with Gasteiger partial charge in [0.15, 0.2) is 0 Å². The predicted molar refractivity (Wildman–Crippen MR) is 64.1 cm³/mol. The number of hydrogen-bond acceptors (Lipinski definition) is 5. The average molecular weight is 256 g/mol. The van der Waals surface area contributed by atoms with E-state index in [9.17, 15) is 8.42 Å². The summed E-state index contributed by atoms with van der Waals surface area (Å²) in [5, 5.41) is 9.45. The van der Waals surface area contributed by atoms with Gasteiger partial charge in [-0.2, -0.15) is 5.26 Å². The largest absolute Gasteiger partial charge is 0.245 e. The van der Waals surface area contributed by atoms with Crippen LogP contribution in [-0.4, -0.2) is 31.2 Å². The molecule has 0 aromatic carbocycles. The van der Waals surface area contributed by atoms with Gasteiger partial charge in [0, 0.05) is 17.7 Å². The molecule has 6 heteroatoms. The number of hydrogen-bond donors (Lipinski definition) is 0. The van der Waals surface area contributed by atoms with Crippen molar-refractivity contribution in [3.63, 3.8) is 0 Å². The topological polar surface area (TPSA) is 70.8 Å². The Labute approximate surface area is 99.6 Å². The third-order valence-corrected chi connectivity index (χ3v) is 4.01. The number of thioether (sulfide) groups is 1. The first-order chi connectivity index (χ1) is 7.42. The van der Waals surface area contributed by atoms with Crippen molar-refractivity contribution in [2.45, 2.75) is 11.9 Å². The zero-order chi connectivity index (χ0) is 12.2. The zero-order valence-electron chi connectivity index (χ0n) is 9.10. The van der Waals surface area contributed by atoms with Crippen molar-refractivity contribution in [1.82, 2.24) is 4.98 Å². The highest BCUT2D eigenvalue weighted by molar-refractivity contribution is 8.00. The fourth-order valence-electron chi connectivity index (χ4n) is 1.02. The molecule has 1 aromatic heterocycles. The van der Waals surface area contributed by atoms with Gasteiger partial charge in [0.05, 0.1) is 11.3 Å². The minimum absolute atomic E-state index is 0.0954.